The molecule has 3 unspecified atom stereocenters. The Kier molecular flexibility index (Phi) is 29.7. The van der Waals surface area contributed by atoms with Crippen LogP contribution in [0.1, 0.15) is 94.2 Å². The van der Waals surface area contributed by atoms with Gasteiger partial charge >= 0.3 is 0 Å². The molecule has 7 N–H and O–H groups in total. The van der Waals surface area contributed by atoms with Crippen molar-refractivity contribution in [2.45, 2.75) is 109 Å². The lowest BCUT2D eigenvalue weighted by atomic mass is 10.0. The predicted octanol–water partition coefficient (Wildman–Crippen LogP) is 4.45. The smallest absolute Gasteiger partial charge is 0.243 e. The summed E-state index contributed by atoms with van der Waals surface area (Å²) in [4.78, 5) is 106. The van der Waals surface area contributed by atoms with Gasteiger partial charge in [-0.05, 0) is 87.0 Å². The van der Waals surface area contributed by atoms with Crippen molar-refractivity contribution in [3.8, 4) is 12.3 Å². The van der Waals surface area contributed by atoms with Crippen molar-refractivity contribution in [3.63, 3.8) is 0 Å². The molecule has 2 rings (SSSR count). The molecule has 0 spiro atoms. The van der Waals surface area contributed by atoms with Crippen molar-refractivity contribution < 1.29 is 38.4 Å². The van der Waals surface area contributed by atoms with E-state index >= 15 is 0 Å². The number of carbonyl (C=O) groups is 8. The van der Waals surface area contributed by atoms with Gasteiger partial charge in [0, 0.05) is 32.5 Å². The zero-order valence-electron chi connectivity index (χ0n) is 38.2. The second-order valence-corrected chi connectivity index (χ2v) is 17.1. The van der Waals surface area contributed by atoms with Gasteiger partial charge in [0.1, 0.15) is 18.1 Å². The molecular formula is C48H65Br3N8O8. The van der Waals surface area contributed by atoms with Crippen LogP contribution in [-0.4, -0.2) is 108 Å². The average Bonchev–Trinajstić information content (AvgIpc) is 3.34. The Balaban J connectivity index is 2.35. The highest BCUT2D eigenvalue weighted by molar-refractivity contribution is 9.09. The summed E-state index contributed by atoms with van der Waals surface area (Å²) in [6, 6.07) is 11.9. The first-order valence-electron chi connectivity index (χ1n) is 22.5. The van der Waals surface area contributed by atoms with Gasteiger partial charge in [0.2, 0.25) is 47.3 Å². The second-order valence-electron chi connectivity index (χ2n) is 15.5. The van der Waals surface area contributed by atoms with Crippen LogP contribution in [0.4, 0.5) is 5.69 Å². The van der Waals surface area contributed by atoms with Crippen molar-refractivity contribution in [2.75, 3.05) is 47.1 Å². The van der Waals surface area contributed by atoms with E-state index in [1.54, 1.807) is 11.0 Å². The van der Waals surface area contributed by atoms with Crippen LogP contribution < -0.4 is 42.1 Å². The number of benzene rings is 2. The van der Waals surface area contributed by atoms with Crippen molar-refractivity contribution in [3.05, 3.63) is 71.8 Å². The Morgan fingerprint density at radius 2 is 1.07 bits per heavy atom. The van der Waals surface area contributed by atoms with Crippen LogP contribution in [-0.2, 0) is 51.3 Å². The summed E-state index contributed by atoms with van der Waals surface area (Å²) in [5.41, 5.74) is 3.43. The number of nitrogens with zero attached hydrogens (tertiary/aromatic N) is 1. The van der Waals surface area contributed by atoms with E-state index in [2.05, 4.69) is 97.5 Å². The van der Waals surface area contributed by atoms with E-state index < -0.39 is 41.8 Å². The monoisotopic (exact) mass is 1120 g/mol. The number of halogens is 3. The minimum Gasteiger partial charge on any atom is -0.355 e. The molecule has 67 heavy (non-hydrogen) atoms. The Labute approximate surface area is 419 Å². The van der Waals surface area contributed by atoms with Crippen LogP contribution in [0.3, 0.4) is 0 Å². The predicted molar refractivity (Wildman–Crippen MR) is 272 cm³/mol. The fraction of sp³-hybridized carbons (Fsp3) is 0.500. The zero-order chi connectivity index (χ0) is 49.4. The average molecular weight is 1120 g/mol. The molecule has 0 heterocycles. The molecule has 2 aromatic rings. The first kappa shape index (κ1) is 58.1. The van der Waals surface area contributed by atoms with E-state index in [4.69, 9.17) is 6.42 Å². The molecule has 0 bridgehead atoms. The number of hydrogen-bond donors (Lipinski definition) is 7. The number of amides is 8. The van der Waals surface area contributed by atoms with E-state index in [9.17, 15) is 38.4 Å². The maximum atomic E-state index is 14.2. The summed E-state index contributed by atoms with van der Waals surface area (Å²) in [7, 11) is 0. The lowest BCUT2D eigenvalue weighted by Gasteiger charge is -2.27. The molecule has 366 valence electrons. The third kappa shape index (κ3) is 23.0. The SMILES string of the molecule is C#CCNC(=O)C(CCCCNC(=O)CBr)NC(=O)C(CCCCNC(=O)CBr)NC(=O)C(CCCCNC(=O)CBr)NC(=O)CCC(=O)N(Cc1ccccc1CC)c1ccccc1C=C. The maximum Gasteiger partial charge on any atom is 0.243 e. The number of nitrogens with one attached hydrogen (secondary N) is 7. The van der Waals surface area contributed by atoms with Gasteiger partial charge in [-0.15, -0.1) is 6.42 Å². The highest BCUT2D eigenvalue weighted by Crippen LogP contribution is 2.26. The van der Waals surface area contributed by atoms with Crippen LogP contribution >= 0.6 is 47.8 Å². The van der Waals surface area contributed by atoms with E-state index in [0.717, 1.165) is 23.1 Å². The number of carbonyl (C=O) groups excluding carboxylic acids is 8. The first-order valence-corrected chi connectivity index (χ1v) is 25.9. The van der Waals surface area contributed by atoms with E-state index in [0.29, 0.717) is 63.8 Å². The van der Waals surface area contributed by atoms with Gasteiger partial charge in [0.15, 0.2) is 0 Å². The summed E-state index contributed by atoms with van der Waals surface area (Å²) in [6.07, 6.45) is 10.6. The van der Waals surface area contributed by atoms with Crippen LogP contribution in [0.15, 0.2) is 55.1 Å². The van der Waals surface area contributed by atoms with E-state index in [1.165, 1.54) is 0 Å². The topological polar surface area (TPSA) is 224 Å². The zero-order valence-corrected chi connectivity index (χ0v) is 43.0. The fourth-order valence-electron chi connectivity index (χ4n) is 6.92. The highest BCUT2D eigenvalue weighted by atomic mass is 79.9. The number of anilines is 1. The Hall–Kier alpha value is -5.06. The summed E-state index contributed by atoms with van der Waals surface area (Å²) in [5, 5.41) is 19.6. The summed E-state index contributed by atoms with van der Waals surface area (Å²) in [6.45, 7) is 7.16. The molecule has 0 aliphatic heterocycles. The van der Waals surface area contributed by atoms with Gasteiger partial charge in [-0.1, -0.05) is 116 Å². The number of alkyl halides is 3. The number of terminal acetylenes is 1. The summed E-state index contributed by atoms with van der Waals surface area (Å²) in [5.74, 6) is -0.967. The van der Waals surface area contributed by atoms with Gasteiger partial charge < -0.3 is 42.1 Å². The molecule has 0 saturated heterocycles. The first-order chi connectivity index (χ1) is 32.3. The molecule has 0 aliphatic rings. The van der Waals surface area contributed by atoms with Crippen molar-refractivity contribution >= 4 is 107 Å². The highest BCUT2D eigenvalue weighted by Gasteiger charge is 2.30. The lowest BCUT2D eigenvalue weighted by Crippen LogP contribution is -2.56. The normalized spacial score (nSPS) is 11.9. The fourth-order valence-corrected chi connectivity index (χ4v) is 7.52. The van der Waals surface area contributed by atoms with Crippen LogP contribution in [0.2, 0.25) is 0 Å². The Morgan fingerprint density at radius 3 is 1.55 bits per heavy atom. The molecule has 19 heteroatoms. The minimum atomic E-state index is -1.16. The van der Waals surface area contributed by atoms with Gasteiger partial charge in [0.05, 0.1) is 34.8 Å². The molecule has 8 amide bonds. The number of aryl methyl sites for hydroxylation is 1. The molecule has 0 radical (unpaired) electrons. The third-order valence-corrected chi connectivity index (χ3v) is 12.0. The third-order valence-electron chi connectivity index (χ3n) is 10.5. The summed E-state index contributed by atoms with van der Waals surface area (Å²) < 4.78 is 0. The molecule has 2 aromatic carbocycles. The summed E-state index contributed by atoms with van der Waals surface area (Å²) >= 11 is 9.33. The van der Waals surface area contributed by atoms with Crippen molar-refractivity contribution in [1.82, 2.24) is 37.2 Å². The molecule has 0 fully saturated rings. The Morgan fingerprint density at radius 1 is 0.612 bits per heavy atom. The molecular weight excluding hydrogens is 1060 g/mol. The van der Waals surface area contributed by atoms with E-state index in [-0.39, 0.29) is 84.8 Å². The van der Waals surface area contributed by atoms with Crippen LogP contribution in [0, 0.1) is 12.3 Å². The van der Waals surface area contributed by atoms with Gasteiger partial charge in [-0.3, -0.25) is 38.4 Å². The van der Waals surface area contributed by atoms with Crippen molar-refractivity contribution in [1.29, 1.82) is 0 Å². The van der Waals surface area contributed by atoms with Crippen molar-refractivity contribution in [2.24, 2.45) is 0 Å². The number of hydrogen-bond acceptors (Lipinski definition) is 8. The van der Waals surface area contributed by atoms with Crippen LogP contribution in [0.25, 0.3) is 6.08 Å². The maximum absolute atomic E-state index is 14.2. The van der Waals surface area contributed by atoms with Gasteiger partial charge in [0.25, 0.3) is 0 Å². The number of para-hydroxylation sites is 1. The minimum absolute atomic E-state index is 0.0769. The second kappa shape index (κ2) is 34.3. The largest absolute Gasteiger partial charge is 0.355 e. The number of unbranched alkanes of at least 4 members (excludes halogenated alkanes) is 3. The molecule has 3 atom stereocenters. The van der Waals surface area contributed by atoms with E-state index in [1.807, 2.05) is 55.5 Å². The standard InChI is InChI=1S/C48H65Br3N8O8/c1-4-26-55-46(65)37(20-11-14-27-52-42(61)30-49)57-48(67)39(22-13-16-29-54-44(63)32-51)58-47(66)38(21-12-15-28-53-43(62)31-50)56-41(60)24-25-45(64)59(40-23-10-9-18-35(40)6-3)33-36-19-8-7-17-34(36)5-2/h1,6-10,17-19,23,37-39H,3,5,11-16,20-22,24-33H2,2H3,(H,52,61)(H,53,62)(H,54,63)(H,55,65)(H,56,60)(H,57,67)(H,58,66). The molecule has 0 aromatic heterocycles. The number of rotatable bonds is 33. The Bertz CT molecular complexity index is 2000. The molecule has 16 nitrogen and oxygen atoms in total. The van der Waals surface area contributed by atoms with Gasteiger partial charge in [-0.2, -0.15) is 0 Å². The van der Waals surface area contributed by atoms with Crippen LogP contribution in [0.5, 0.6) is 0 Å². The van der Waals surface area contributed by atoms with Gasteiger partial charge in [-0.25, -0.2) is 0 Å². The lowest BCUT2D eigenvalue weighted by molar-refractivity contribution is -0.134. The molecule has 0 aliphatic carbocycles. The quantitative estimate of drug-likeness (QED) is 0.0307. The molecule has 0 saturated carbocycles.